The third kappa shape index (κ3) is 3.15. The van der Waals surface area contributed by atoms with Gasteiger partial charge in [0.25, 0.3) is 0 Å². The SMILES string of the molecule is Cc1cc(C(N)Cc2ccc(Br)cc2)c(C)nn1. The maximum absolute atomic E-state index is 6.26. The van der Waals surface area contributed by atoms with E-state index in [4.69, 9.17) is 5.73 Å². The molecule has 0 spiro atoms. The van der Waals surface area contributed by atoms with Gasteiger partial charge in [-0.05, 0) is 49.6 Å². The van der Waals surface area contributed by atoms with Gasteiger partial charge in [-0.1, -0.05) is 28.1 Å². The highest BCUT2D eigenvalue weighted by atomic mass is 79.9. The number of rotatable bonds is 3. The Morgan fingerprint density at radius 2 is 1.83 bits per heavy atom. The van der Waals surface area contributed by atoms with Crippen molar-refractivity contribution in [3.05, 3.63) is 57.3 Å². The van der Waals surface area contributed by atoms with Crippen molar-refractivity contribution in [1.82, 2.24) is 10.2 Å². The monoisotopic (exact) mass is 305 g/mol. The van der Waals surface area contributed by atoms with E-state index in [2.05, 4.69) is 38.3 Å². The molecule has 0 aliphatic carbocycles. The second kappa shape index (κ2) is 5.59. The summed E-state index contributed by atoms with van der Waals surface area (Å²) in [4.78, 5) is 0. The third-order valence-electron chi connectivity index (χ3n) is 2.91. The first-order valence-corrected chi connectivity index (χ1v) is 6.66. The van der Waals surface area contributed by atoms with Gasteiger partial charge in [-0.2, -0.15) is 10.2 Å². The lowest BCUT2D eigenvalue weighted by molar-refractivity contribution is 0.700. The molecule has 1 atom stereocenters. The predicted octanol–water partition coefficient (Wildman–Crippen LogP) is 3.10. The molecule has 0 bridgehead atoms. The van der Waals surface area contributed by atoms with Crippen molar-refractivity contribution in [2.45, 2.75) is 26.3 Å². The van der Waals surface area contributed by atoms with E-state index in [1.165, 1.54) is 5.56 Å². The Morgan fingerprint density at radius 1 is 1.17 bits per heavy atom. The standard InChI is InChI=1S/C14H16BrN3/c1-9-7-13(10(2)18-17-9)14(16)8-11-3-5-12(15)6-4-11/h3-7,14H,8,16H2,1-2H3. The summed E-state index contributed by atoms with van der Waals surface area (Å²) in [7, 11) is 0. The van der Waals surface area contributed by atoms with Gasteiger partial charge in [0.1, 0.15) is 0 Å². The van der Waals surface area contributed by atoms with Crippen LogP contribution >= 0.6 is 15.9 Å². The largest absolute Gasteiger partial charge is 0.324 e. The molecule has 1 unspecified atom stereocenters. The lowest BCUT2D eigenvalue weighted by atomic mass is 9.99. The summed E-state index contributed by atoms with van der Waals surface area (Å²) < 4.78 is 1.08. The van der Waals surface area contributed by atoms with Gasteiger partial charge < -0.3 is 5.73 Å². The summed E-state index contributed by atoms with van der Waals surface area (Å²) in [6.07, 6.45) is 0.805. The molecule has 2 rings (SSSR count). The Labute approximate surface area is 116 Å². The quantitative estimate of drug-likeness (QED) is 0.948. The molecule has 4 heteroatoms. The minimum absolute atomic E-state index is 0.0413. The second-order valence-electron chi connectivity index (χ2n) is 4.46. The predicted molar refractivity (Wildman–Crippen MR) is 76.3 cm³/mol. The molecule has 1 heterocycles. The topological polar surface area (TPSA) is 51.8 Å². The zero-order valence-electron chi connectivity index (χ0n) is 10.5. The van der Waals surface area contributed by atoms with Gasteiger partial charge in [-0.3, -0.25) is 0 Å². The molecule has 0 aliphatic heterocycles. The molecule has 94 valence electrons. The highest BCUT2D eigenvalue weighted by Gasteiger charge is 2.11. The van der Waals surface area contributed by atoms with Crippen LogP contribution < -0.4 is 5.73 Å². The lowest BCUT2D eigenvalue weighted by Crippen LogP contribution is -2.16. The van der Waals surface area contributed by atoms with E-state index in [9.17, 15) is 0 Å². The van der Waals surface area contributed by atoms with Gasteiger partial charge in [0.15, 0.2) is 0 Å². The van der Waals surface area contributed by atoms with Crippen molar-refractivity contribution in [1.29, 1.82) is 0 Å². The number of nitrogens with zero attached hydrogens (tertiary/aromatic N) is 2. The van der Waals surface area contributed by atoms with Crippen LogP contribution in [0.5, 0.6) is 0 Å². The number of aromatic nitrogens is 2. The van der Waals surface area contributed by atoms with Crippen molar-refractivity contribution in [2.24, 2.45) is 5.73 Å². The molecule has 2 aromatic rings. The van der Waals surface area contributed by atoms with Gasteiger partial charge in [0.05, 0.1) is 11.4 Å². The molecule has 3 nitrogen and oxygen atoms in total. The summed E-state index contributed by atoms with van der Waals surface area (Å²) in [6, 6.07) is 10.2. The Balaban J connectivity index is 2.18. The van der Waals surface area contributed by atoms with Crippen molar-refractivity contribution >= 4 is 15.9 Å². The zero-order chi connectivity index (χ0) is 13.1. The molecule has 2 N–H and O–H groups in total. The number of hydrogen-bond donors (Lipinski definition) is 1. The first-order valence-electron chi connectivity index (χ1n) is 5.87. The van der Waals surface area contributed by atoms with Crippen LogP contribution in [0.4, 0.5) is 0 Å². The van der Waals surface area contributed by atoms with Crippen molar-refractivity contribution in [2.75, 3.05) is 0 Å². The van der Waals surface area contributed by atoms with E-state index in [-0.39, 0.29) is 6.04 Å². The van der Waals surface area contributed by atoms with E-state index in [1.54, 1.807) is 0 Å². The number of halogens is 1. The van der Waals surface area contributed by atoms with Crippen LogP contribution in [0.25, 0.3) is 0 Å². The molecule has 18 heavy (non-hydrogen) atoms. The van der Waals surface area contributed by atoms with Crippen LogP contribution in [0, 0.1) is 13.8 Å². The van der Waals surface area contributed by atoms with E-state index < -0.39 is 0 Å². The van der Waals surface area contributed by atoms with Crippen molar-refractivity contribution in [3.8, 4) is 0 Å². The molecule has 0 saturated heterocycles. The minimum Gasteiger partial charge on any atom is -0.324 e. The normalized spacial score (nSPS) is 12.4. The van der Waals surface area contributed by atoms with Crippen LogP contribution in [0.15, 0.2) is 34.8 Å². The fraction of sp³-hybridized carbons (Fsp3) is 0.286. The number of aryl methyl sites for hydroxylation is 2. The van der Waals surface area contributed by atoms with Crippen LogP contribution in [0.2, 0.25) is 0 Å². The van der Waals surface area contributed by atoms with Crippen LogP contribution in [-0.4, -0.2) is 10.2 Å². The van der Waals surface area contributed by atoms with Crippen molar-refractivity contribution in [3.63, 3.8) is 0 Å². The van der Waals surface area contributed by atoms with Gasteiger partial charge >= 0.3 is 0 Å². The van der Waals surface area contributed by atoms with Crippen LogP contribution in [0.3, 0.4) is 0 Å². The highest BCUT2D eigenvalue weighted by Crippen LogP contribution is 2.20. The third-order valence-corrected chi connectivity index (χ3v) is 3.44. The molecule has 0 amide bonds. The molecule has 0 saturated carbocycles. The van der Waals surface area contributed by atoms with Gasteiger partial charge in [0.2, 0.25) is 0 Å². The Bertz CT molecular complexity index is 537. The summed E-state index contributed by atoms with van der Waals surface area (Å²) >= 11 is 3.43. The summed E-state index contributed by atoms with van der Waals surface area (Å²) in [6.45, 7) is 3.88. The molecular formula is C14H16BrN3. The van der Waals surface area contributed by atoms with Gasteiger partial charge in [0, 0.05) is 10.5 Å². The maximum Gasteiger partial charge on any atom is 0.0648 e. The van der Waals surface area contributed by atoms with E-state index in [0.717, 1.165) is 27.8 Å². The maximum atomic E-state index is 6.26. The summed E-state index contributed by atoms with van der Waals surface area (Å²) in [5, 5.41) is 8.15. The molecule has 0 radical (unpaired) electrons. The van der Waals surface area contributed by atoms with Gasteiger partial charge in [-0.25, -0.2) is 0 Å². The number of benzene rings is 1. The molecule has 1 aromatic heterocycles. The number of hydrogen-bond acceptors (Lipinski definition) is 3. The first kappa shape index (κ1) is 13.2. The Morgan fingerprint density at radius 3 is 2.50 bits per heavy atom. The Kier molecular flexibility index (Phi) is 4.09. The zero-order valence-corrected chi connectivity index (χ0v) is 12.1. The van der Waals surface area contributed by atoms with Crippen LogP contribution in [0.1, 0.15) is 28.6 Å². The van der Waals surface area contributed by atoms with Crippen LogP contribution in [-0.2, 0) is 6.42 Å². The first-order chi connectivity index (χ1) is 8.56. The molecular weight excluding hydrogens is 290 g/mol. The molecule has 0 fully saturated rings. The van der Waals surface area contributed by atoms with E-state index in [1.807, 2.05) is 32.0 Å². The highest BCUT2D eigenvalue weighted by molar-refractivity contribution is 9.10. The Hall–Kier alpha value is -1.26. The average molecular weight is 306 g/mol. The average Bonchev–Trinajstić information content (AvgIpc) is 2.35. The summed E-state index contributed by atoms with van der Waals surface area (Å²) in [5.74, 6) is 0. The summed E-state index contributed by atoms with van der Waals surface area (Å²) in [5.41, 5.74) is 10.4. The van der Waals surface area contributed by atoms with E-state index in [0.29, 0.717) is 0 Å². The molecule has 1 aromatic carbocycles. The number of nitrogens with two attached hydrogens (primary N) is 1. The van der Waals surface area contributed by atoms with Crippen molar-refractivity contribution < 1.29 is 0 Å². The fourth-order valence-electron chi connectivity index (χ4n) is 1.93. The van der Waals surface area contributed by atoms with E-state index >= 15 is 0 Å². The second-order valence-corrected chi connectivity index (χ2v) is 5.38. The lowest BCUT2D eigenvalue weighted by Gasteiger charge is -2.14. The van der Waals surface area contributed by atoms with Gasteiger partial charge in [-0.15, -0.1) is 0 Å². The minimum atomic E-state index is -0.0413. The fourth-order valence-corrected chi connectivity index (χ4v) is 2.19. The smallest absolute Gasteiger partial charge is 0.0648 e. The molecule has 0 aliphatic rings.